The summed E-state index contributed by atoms with van der Waals surface area (Å²) in [7, 11) is 0. The smallest absolute Gasteiger partial charge is 0.309 e. The van der Waals surface area contributed by atoms with Crippen LogP contribution in [0.25, 0.3) is 0 Å². The SMILES string of the molecule is CCCCCCCCCOC(=O)C1CC(C(=O)O)C(C(=O)O)CC1C(=O)O. The number of carboxylic acids is 3. The zero-order valence-electron chi connectivity index (χ0n) is 15.8. The van der Waals surface area contributed by atoms with E-state index in [1.807, 2.05) is 0 Å². The van der Waals surface area contributed by atoms with Crippen LogP contribution in [-0.4, -0.2) is 45.8 Å². The Labute approximate surface area is 158 Å². The van der Waals surface area contributed by atoms with Gasteiger partial charge in [-0.2, -0.15) is 0 Å². The number of carboxylic acid groups (broad SMARTS) is 3. The number of unbranched alkanes of at least 4 members (excludes halogenated alkanes) is 6. The minimum atomic E-state index is -1.36. The van der Waals surface area contributed by atoms with Crippen molar-refractivity contribution in [3.05, 3.63) is 0 Å². The highest BCUT2D eigenvalue weighted by atomic mass is 16.5. The Hall–Kier alpha value is -2.12. The van der Waals surface area contributed by atoms with Crippen molar-refractivity contribution in [3.63, 3.8) is 0 Å². The fourth-order valence-corrected chi connectivity index (χ4v) is 3.62. The average Bonchev–Trinajstić information content (AvgIpc) is 2.62. The third-order valence-corrected chi connectivity index (χ3v) is 5.23. The number of esters is 1. The third-order valence-electron chi connectivity index (χ3n) is 5.23. The molecule has 0 spiro atoms. The van der Waals surface area contributed by atoms with Crippen molar-refractivity contribution >= 4 is 23.9 Å². The summed E-state index contributed by atoms with van der Waals surface area (Å²) >= 11 is 0. The first-order valence-electron chi connectivity index (χ1n) is 9.64. The molecular weight excluding hydrogens is 356 g/mol. The van der Waals surface area contributed by atoms with Gasteiger partial charge in [0.15, 0.2) is 0 Å². The van der Waals surface area contributed by atoms with Crippen molar-refractivity contribution in [1.29, 1.82) is 0 Å². The monoisotopic (exact) mass is 386 g/mol. The Morgan fingerprint density at radius 1 is 0.704 bits per heavy atom. The highest BCUT2D eigenvalue weighted by Crippen LogP contribution is 2.39. The number of carbonyl (C=O) groups excluding carboxylic acids is 1. The molecule has 0 aliphatic heterocycles. The Balaban J connectivity index is 2.56. The van der Waals surface area contributed by atoms with Gasteiger partial charge in [0.1, 0.15) is 0 Å². The topological polar surface area (TPSA) is 138 Å². The zero-order valence-corrected chi connectivity index (χ0v) is 15.8. The highest BCUT2D eigenvalue weighted by molar-refractivity contribution is 5.86. The van der Waals surface area contributed by atoms with Gasteiger partial charge in [-0.3, -0.25) is 19.2 Å². The molecule has 1 aliphatic carbocycles. The second-order valence-electron chi connectivity index (χ2n) is 7.20. The fourth-order valence-electron chi connectivity index (χ4n) is 3.62. The predicted molar refractivity (Wildman–Crippen MR) is 95.1 cm³/mol. The van der Waals surface area contributed by atoms with Crippen molar-refractivity contribution in [2.45, 2.75) is 64.7 Å². The van der Waals surface area contributed by atoms with E-state index in [4.69, 9.17) is 4.74 Å². The van der Waals surface area contributed by atoms with Crippen molar-refractivity contribution < 1.29 is 39.2 Å². The Morgan fingerprint density at radius 3 is 1.59 bits per heavy atom. The van der Waals surface area contributed by atoms with Gasteiger partial charge in [0, 0.05) is 0 Å². The fraction of sp³-hybridized carbons (Fsp3) is 0.789. The van der Waals surface area contributed by atoms with E-state index in [1.54, 1.807) is 0 Å². The molecule has 8 heteroatoms. The van der Waals surface area contributed by atoms with E-state index in [-0.39, 0.29) is 13.0 Å². The third kappa shape index (κ3) is 7.19. The van der Waals surface area contributed by atoms with Crippen LogP contribution in [0.15, 0.2) is 0 Å². The number of carbonyl (C=O) groups is 4. The summed E-state index contributed by atoms with van der Waals surface area (Å²) in [4.78, 5) is 46.4. The van der Waals surface area contributed by atoms with Crippen molar-refractivity contribution in [1.82, 2.24) is 0 Å². The normalized spacial score (nSPS) is 24.9. The molecule has 1 saturated carbocycles. The molecule has 4 atom stereocenters. The number of hydrogen-bond acceptors (Lipinski definition) is 5. The first-order valence-corrected chi connectivity index (χ1v) is 9.64. The second-order valence-corrected chi connectivity index (χ2v) is 7.20. The maximum atomic E-state index is 12.3. The van der Waals surface area contributed by atoms with Gasteiger partial charge in [0.25, 0.3) is 0 Å². The standard InChI is InChI=1S/C19H30O8/c1-2-3-4-5-6-7-8-9-27-19(26)15-11-13(17(22)23)12(16(20)21)10-14(15)18(24)25/h12-15H,2-11H2,1H3,(H,20,21)(H,22,23)(H,24,25). The van der Waals surface area contributed by atoms with Gasteiger partial charge in [-0.15, -0.1) is 0 Å². The van der Waals surface area contributed by atoms with Gasteiger partial charge >= 0.3 is 23.9 Å². The van der Waals surface area contributed by atoms with Crippen molar-refractivity contribution in [3.8, 4) is 0 Å². The minimum absolute atomic E-state index is 0.162. The number of rotatable bonds is 12. The number of hydrogen-bond donors (Lipinski definition) is 3. The quantitative estimate of drug-likeness (QED) is 0.344. The summed E-state index contributed by atoms with van der Waals surface area (Å²) in [6, 6.07) is 0. The lowest BCUT2D eigenvalue weighted by molar-refractivity contribution is -0.170. The molecule has 1 fully saturated rings. The van der Waals surface area contributed by atoms with Crippen LogP contribution in [0.1, 0.15) is 64.7 Å². The molecule has 0 aromatic heterocycles. The van der Waals surface area contributed by atoms with Crippen LogP contribution in [0, 0.1) is 23.7 Å². The lowest BCUT2D eigenvalue weighted by Gasteiger charge is -2.34. The van der Waals surface area contributed by atoms with Crippen LogP contribution in [0.2, 0.25) is 0 Å². The van der Waals surface area contributed by atoms with Gasteiger partial charge in [0.2, 0.25) is 0 Å². The van der Waals surface area contributed by atoms with E-state index in [1.165, 1.54) is 19.3 Å². The first kappa shape index (κ1) is 22.9. The molecule has 0 amide bonds. The minimum Gasteiger partial charge on any atom is -0.481 e. The van der Waals surface area contributed by atoms with Crippen LogP contribution in [-0.2, 0) is 23.9 Å². The molecule has 0 heterocycles. The average molecular weight is 386 g/mol. The Morgan fingerprint density at radius 2 is 1.11 bits per heavy atom. The summed E-state index contributed by atoms with van der Waals surface area (Å²) < 4.78 is 5.17. The lowest BCUT2D eigenvalue weighted by Crippen LogP contribution is -2.45. The Kier molecular flexibility index (Phi) is 9.82. The molecule has 0 radical (unpaired) electrons. The zero-order chi connectivity index (χ0) is 20.4. The molecule has 1 rings (SSSR count). The van der Waals surface area contributed by atoms with Gasteiger partial charge in [0.05, 0.1) is 30.3 Å². The molecule has 3 N–H and O–H groups in total. The summed E-state index contributed by atoms with van der Waals surface area (Å²) in [5.74, 6) is -9.75. The van der Waals surface area contributed by atoms with E-state index in [0.29, 0.717) is 6.42 Å². The molecule has 0 saturated heterocycles. The molecule has 4 unspecified atom stereocenters. The summed E-state index contributed by atoms with van der Waals surface area (Å²) in [6.07, 6.45) is 6.57. The molecule has 1 aliphatic rings. The first-order chi connectivity index (χ1) is 12.8. The van der Waals surface area contributed by atoms with E-state index < -0.39 is 54.0 Å². The van der Waals surface area contributed by atoms with Gasteiger partial charge in [-0.1, -0.05) is 45.4 Å². The molecule has 0 bridgehead atoms. The summed E-state index contributed by atoms with van der Waals surface area (Å²) in [5.41, 5.74) is 0. The highest BCUT2D eigenvalue weighted by Gasteiger charge is 2.49. The van der Waals surface area contributed by atoms with Crippen molar-refractivity contribution in [2.75, 3.05) is 6.61 Å². The molecule has 0 aromatic rings. The van der Waals surface area contributed by atoms with E-state index in [2.05, 4.69) is 6.92 Å². The summed E-state index contributed by atoms with van der Waals surface area (Å²) in [5, 5.41) is 27.8. The van der Waals surface area contributed by atoms with Gasteiger partial charge in [-0.05, 0) is 19.3 Å². The largest absolute Gasteiger partial charge is 0.481 e. The maximum Gasteiger partial charge on any atom is 0.309 e. The van der Waals surface area contributed by atoms with Crippen LogP contribution >= 0.6 is 0 Å². The molecule has 154 valence electrons. The van der Waals surface area contributed by atoms with Crippen molar-refractivity contribution in [2.24, 2.45) is 23.7 Å². The number of ether oxygens (including phenoxy) is 1. The molecule has 0 aromatic carbocycles. The Bertz CT molecular complexity index is 530. The van der Waals surface area contributed by atoms with E-state index in [0.717, 1.165) is 19.3 Å². The van der Waals surface area contributed by atoms with E-state index in [9.17, 15) is 34.5 Å². The van der Waals surface area contributed by atoms with Gasteiger partial charge < -0.3 is 20.1 Å². The number of aliphatic carboxylic acids is 3. The maximum absolute atomic E-state index is 12.3. The van der Waals surface area contributed by atoms with E-state index >= 15 is 0 Å². The lowest BCUT2D eigenvalue weighted by atomic mass is 9.68. The molecule has 8 nitrogen and oxygen atoms in total. The molecular formula is C19H30O8. The van der Waals surface area contributed by atoms with Gasteiger partial charge in [-0.25, -0.2) is 0 Å². The predicted octanol–water partition coefficient (Wildman–Crippen LogP) is 2.79. The van der Waals surface area contributed by atoms with Crippen LogP contribution in [0.3, 0.4) is 0 Å². The van der Waals surface area contributed by atoms with Crippen LogP contribution < -0.4 is 0 Å². The van der Waals surface area contributed by atoms with Crippen LogP contribution in [0.5, 0.6) is 0 Å². The second kappa shape index (κ2) is 11.6. The molecule has 27 heavy (non-hydrogen) atoms. The van der Waals surface area contributed by atoms with Crippen LogP contribution in [0.4, 0.5) is 0 Å². The summed E-state index contributed by atoms with van der Waals surface area (Å²) in [6.45, 7) is 2.30.